The lowest BCUT2D eigenvalue weighted by molar-refractivity contribution is 0.0761. The number of carbonyl (C=O) groups is 1. The second kappa shape index (κ2) is 5.85. The number of ether oxygens (including phenoxy) is 1. The predicted molar refractivity (Wildman–Crippen MR) is 67.3 cm³/mol. The monoisotopic (exact) mass is 251 g/mol. The second-order valence-corrected chi connectivity index (χ2v) is 4.56. The average molecular weight is 251 g/mol. The number of carbonyl (C=O) groups excluding carboxylic acids is 1. The Hall–Kier alpha value is -1.58. The molecule has 1 amide bonds. The highest BCUT2D eigenvalue weighted by Crippen LogP contribution is 2.20. The normalized spacial score (nSPS) is 16.2. The van der Waals surface area contributed by atoms with Crippen molar-refractivity contribution in [2.75, 3.05) is 20.2 Å². The van der Waals surface area contributed by atoms with Gasteiger partial charge in [0.1, 0.15) is 0 Å². The van der Waals surface area contributed by atoms with Crippen LogP contribution < -0.4 is 4.74 Å². The molecule has 1 aromatic rings. The summed E-state index contributed by atoms with van der Waals surface area (Å²) >= 11 is 0. The third-order valence-electron chi connectivity index (χ3n) is 3.29. The molecule has 1 saturated heterocycles. The van der Waals surface area contributed by atoms with Gasteiger partial charge in [0, 0.05) is 18.7 Å². The van der Waals surface area contributed by atoms with Crippen molar-refractivity contribution in [2.24, 2.45) is 0 Å². The fourth-order valence-corrected chi connectivity index (χ4v) is 2.25. The van der Waals surface area contributed by atoms with Crippen molar-refractivity contribution in [3.8, 4) is 5.75 Å². The van der Waals surface area contributed by atoms with Gasteiger partial charge in [0.15, 0.2) is 11.6 Å². The highest BCUT2D eigenvalue weighted by molar-refractivity contribution is 5.94. The van der Waals surface area contributed by atoms with Crippen LogP contribution in [-0.2, 0) is 0 Å². The molecule has 1 heterocycles. The number of benzene rings is 1. The first-order valence-electron chi connectivity index (χ1n) is 6.35. The molecule has 0 aromatic heterocycles. The lowest BCUT2D eigenvalue weighted by atomic mass is 10.1. The summed E-state index contributed by atoms with van der Waals surface area (Å²) in [5.74, 6) is -0.351. The Kier molecular flexibility index (Phi) is 4.18. The molecular formula is C14H18FNO2. The molecule has 0 atom stereocenters. The minimum Gasteiger partial charge on any atom is -0.494 e. The van der Waals surface area contributed by atoms with Crippen molar-refractivity contribution in [1.29, 1.82) is 0 Å². The zero-order valence-electron chi connectivity index (χ0n) is 10.6. The van der Waals surface area contributed by atoms with Gasteiger partial charge in [0.05, 0.1) is 7.11 Å². The van der Waals surface area contributed by atoms with Crippen molar-refractivity contribution in [3.05, 3.63) is 29.6 Å². The molecule has 1 aliphatic rings. The lowest BCUT2D eigenvalue weighted by Crippen LogP contribution is -2.31. The molecule has 98 valence electrons. The maximum atomic E-state index is 13.3. The van der Waals surface area contributed by atoms with Crippen molar-refractivity contribution in [1.82, 2.24) is 4.90 Å². The zero-order valence-corrected chi connectivity index (χ0v) is 10.6. The van der Waals surface area contributed by atoms with Gasteiger partial charge < -0.3 is 9.64 Å². The molecule has 18 heavy (non-hydrogen) atoms. The number of halogens is 1. The quantitative estimate of drug-likeness (QED) is 0.809. The first-order valence-corrected chi connectivity index (χ1v) is 6.35. The molecule has 0 aliphatic carbocycles. The molecular weight excluding hydrogens is 233 g/mol. The molecule has 0 spiro atoms. The number of likely N-dealkylation sites (tertiary alicyclic amines) is 1. The van der Waals surface area contributed by atoms with E-state index in [2.05, 4.69) is 0 Å². The van der Waals surface area contributed by atoms with Crippen LogP contribution in [0, 0.1) is 5.82 Å². The predicted octanol–water partition coefficient (Wildman–Crippen LogP) is 2.85. The first kappa shape index (κ1) is 12.9. The molecule has 2 rings (SSSR count). The van der Waals surface area contributed by atoms with Gasteiger partial charge in [-0.3, -0.25) is 4.79 Å². The summed E-state index contributed by atoms with van der Waals surface area (Å²) in [6, 6.07) is 4.28. The standard InChI is InChI=1S/C14H18FNO2/c1-18-13-10-11(6-7-12(13)15)14(17)16-8-4-2-3-5-9-16/h6-7,10H,2-5,8-9H2,1H3. The molecule has 1 fully saturated rings. The highest BCUT2D eigenvalue weighted by atomic mass is 19.1. The van der Waals surface area contributed by atoms with Crippen molar-refractivity contribution in [2.45, 2.75) is 25.7 Å². The number of methoxy groups -OCH3 is 1. The summed E-state index contributed by atoms with van der Waals surface area (Å²) in [5, 5.41) is 0. The van der Waals surface area contributed by atoms with Crippen LogP contribution in [0.25, 0.3) is 0 Å². The Morgan fingerprint density at radius 1 is 1.22 bits per heavy atom. The van der Waals surface area contributed by atoms with Gasteiger partial charge in [0.25, 0.3) is 5.91 Å². The Labute approximate surface area is 107 Å². The third-order valence-corrected chi connectivity index (χ3v) is 3.29. The van der Waals surface area contributed by atoms with E-state index < -0.39 is 5.82 Å². The Morgan fingerprint density at radius 3 is 2.50 bits per heavy atom. The second-order valence-electron chi connectivity index (χ2n) is 4.56. The van der Waals surface area contributed by atoms with E-state index in [1.165, 1.54) is 38.2 Å². The van der Waals surface area contributed by atoms with E-state index >= 15 is 0 Å². The number of rotatable bonds is 2. The van der Waals surface area contributed by atoms with E-state index in [0.29, 0.717) is 5.56 Å². The van der Waals surface area contributed by atoms with E-state index in [4.69, 9.17) is 4.74 Å². The molecule has 0 saturated carbocycles. The lowest BCUT2D eigenvalue weighted by Gasteiger charge is -2.20. The van der Waals surface area contributed by atoms with Crippen LogP contribution >= 0.6 is 0 Å². The maximum Gasteiger partial charge on any atom is 0.253 e. The van der Waals surface area contributed by atoms with Gasteiger partial charge in [-0.1, -0.05) is 12.8 Å². The van der Waals surface area contributed by atoms with Gasteiger partial charge in [-0.2, -0.15) is 0 Å². The Bertz CT molecular complexity index is 426. The minimum absolute atomic E-state index is 0.0322. The topological polar surface area (TPSA) is 29.5 Å². The van der Waals surface area contributed by atoms with Crippen LogP contribution in [0.5, 0.6) is 5.75 Å². The van der Waals surface area contributed by atoms with Gasteiger partial charge >= 0.3 is 0 Å². The largest absolute Gasteiger partial charge is 0.494 e. The summed E-state index contributed by atoms with van der Waals surface area (Å²) in [6.07, 6.45) is 4.45. The molecule has 0 bridgehead atoms. The third kappa shape index (κ3) is 2.81. The molecule has 0 radical (unpaired) electrons. The van der Waals surface area contributed by atoms with E-state index in [1.807, 2.05) is 4.90 Å². The van der Waals surface area contributed by atoms with Crippen molar-refractivity contribution >= 4 is 5.91 Å². The zero-order chi connectivity index (χ0) is 13.0. The first-order chi connectivity index (χ1) is 8.72. The van der Waals surface area contributed by atoms with E-state index in [-0.39, 0.29) is 11.7 Å². The summed E-state index contributed by atoms with van der Waals surface area (Å²) in [5.41, 5.74) is 0.496. The van der Waals surface area contributed by atoms with Gasteiger partial charge in [-0.25, -0.2) is 4.39 Å². The SMILES string of the molecule is COc1cc(C(=O)N2CCCCCC2)ccc1F. The van der Waals surface area contributed by atoms with Gasteiger partial charge in [0.2, 0.25) is 0 Å². The average Bonchev–Trinajstić information content (AvgIpc) is 2.67. The van der Waals surface area contributed by atoms with Crippen LogP contribution in [0.3, 0.4) is 0 Å². The van der Waals surface area contributed by atoms with Gasteiger partial charge in [-0.05, 0) is 31.0 Å². The fourth-order valence-electron chi connectivity index (χ4n) is 2.25. The smallest absolute Gasteiger partial charge is 0.253 e. The highest BCUT2D eigenvalue weighted by Gasteiger charge is 2.18. The van der Waals surface area contributed by atoms with Crippen LogP contribution in [0.1, 0.15) is 36.0 Å². The van der Waals surface area contributed by atoms with Crippen LogP contribution in [0.4, 0.5) is 4.39 Å². The maximum absolute atomic E-state index is 13.3. The Morgan fingerprint density at radius 2 is 1.89 bits per heavy atom. The molecule has 0 N–H and O–H groups in total. The Balaban J connectivity index is 2.16. The van der Waals surface area contributed by atoms with Gasteiger partial charge in [-0.15, -0.1) is 0 Å². The number of amides is 1. The molecule has 4 heteroatoms. The van der Waals surface area contributed by atoms with Crippen LogP contribution in [-0.4, -0.2) is 31.0 Å². The van der Waals surface area contributed by atoms with Crippen LogP contribution in [0.2, 0.25) is 0 Å². The van der Waals surface area contributed by atoms with Crippen molar-refractivity contribution < 1.29 is 13.9 Å². The van der Waals surface area contributed by atoms with E-state index in [0.717, 1.165) is 25.9 Å². The van der Waals surface area contributed by atoms with Crippen molar-refractivity contribution in [3.63, 3.8) is 0 Å². The summed E-state index contributed by atoms with van der Waals surface area (Å²) < 4.78 is 18.2. The molecule has 0 unspecified atom stereocenters. The van der Waals surface area contributed by atoms with Crippen LogP contribution in [0.15, 0.2) is 18.2 Å². The molecule has 1 aromatic carbocycles. The summed E-state index contributed by atoms with van der Waals surface area (Å²) in [6.45, 7) is 1.58. The molecule has 3 nitrogen and oxygen atoms in total. The molecule has 1 aliphatic heterocycles. The summed E-state index contributed by atoms with van der Waals surface area (Å²) in [4.78, 5) is 14.1. The van der Waals surface area contributed by atoms with E-state index in [9.17, 15) is 9.18 Å². The fraction of sp³-hybridized carbons (Fsp3) is 0.500. The number of nitrogens with zero attached hydrogens (tertiary/aromatic N) is 1. The number of hydrogen-bond donors (Lipinski definition) is 0. The van der Waals surface area contributed by atoms with E-state index in [1.54, 1.807) is 0 Å². The summed E-state index contributed by atoms with van der Waals surface area (Å²) in [7, 11) is 1.40. The number of hydrogen-bond acceptors (Lipinski definition) is 2. The minimum atomic E-state index is -0.440.